The average Bonchev–Trinajstić information content (AvgIpc) is 2.42. The van der Waals surface area contributed by atoms with Crippen LogP contribution >= 0.6 is 0 Å². The van der Waals surface area contributed by atoms with E-state index in [1.807, 2.05) is 5.32 Å². The van der Waals surface area contributed by atoms with Crippen LogP contribution in [0.1, 0.15) is 13.3 Å². The van der Waals surface area contributed by atoms with Gasteiger partial charge in [-0.15, -0.1) is 0 Å². The molecule has 0 saturated heterocycles. The molecule has 1 aromatic carbocycles. The van der Waals surface area contributed by atoms with E-state index < -0.39 is 46.8 Å². The van der Waals surface area contributed by atoms with Crippen LogP contribution in [0.25, 0.3) is 0 Å². The zero-order chi connectivity index (χ0) is 14.7. The highest BCUT2D eigenvalue weighted by Crippen LogP contribution is 2.27. The highest BCUT2D eigenvalue weighted by molar-refractivity contribution is 5.79. The number of carbonyl (C=O) groups is 1. The highest BCUT2D eigenvalue weighted by Gasteiger charge is 2.28. The van der Waals surface area contributed by atoms with E-state index in [9.17, 15) is 26.7 Å². The fourth-order valence-corrected chi connectivity index (χ4v) is 1.38. The van der Waals surface area contributed by atoms with Gasteiger partial charge in [-0.05, 0) is 6.42 Å². The number of rotatable bonds is 4. The summed E-state index contributed by atoms with van der Waals surface area (Å²) in [5, 5.41) is 1.95. The summed E-state index contributed by atoms with van der Waals surface area (Å²) in [6, 6.07) is -1.22. The number of hydrogen-bond donors (Lipinski definition) is 1. The van der Waals surface area contributed by atoms with E-state index in [0.717, 1.165) is 7.11 Å². The molecular weight excluding hydrogens is 273 g/mol. The van der Waals surface area contributed by atoms with Crippen LogP contribution in [0, 0.1) is 29.1 Å². The number of anilines is 1. The fourth-order valence-electron chi connectivity index (χ4n) is 1.38. The maximum absolute atomic E-state index is 13.3. The van der Waals surface area contributed by atoms with E-state index in [0.29, 0.717) is 0 Å². The minimum absolute atomic E-state index is 0.0339. The summed E-state index contributed by atoms with van der Waals surface area (Å²) >= 11 is 0. The summed E-state index contributed by atoms with van der Waals surface area (Å²) in [6.45, 7) is 1.47. The fraction of sp³-hybridized carbons (Fsp3) is 0.364. The first-order valence-electron chi connectivity index (χ1n) is 5.20. The zero-order valence-corrected chi connectivity index (χ0v) is 9.99. The Morgan fingerprint density at radius 1 is 1.05 bits per heavy atom. The standard InChI is InChI=1S/C11H10F5NO2/c1-3-4(11(18)19-2)17-10-8(15)6(13)5(12)7(14)9(10)16/h4,17H,3H2,1-2H3. The van der Waals surface area contributed by atoms with Crippen LogP contribution in [0.3, 0.4) is 0 Å². The van der Waals surface area contributed by atoms with Gasteiger partial charge in [-0.1, -0.05) is 6.92 Å². The third-order valence-corrected chi connectivity index (χ3v) is 2.42. The number of hydrogen-bond acceptors (Lipinski definition) is 3. The number of ether oxygens (including phenoxy) is 1. The van der Waals surface area contributed by atoms with Gasteiger partial charge in [0, 0.05) is 0 Å². The van der Waals surface area contributed by atoms with Gasteiger partial charge in [0.15, 0.2) is 23.3 Å². The van der Waals surface area contributed by atoms with Crippen LogP contribution in [0.4, 0.5) is 27.6 Å². The second-order valence-electron chi connectivity index (χ2n) is 3.57. The molecule has 8 heteroatoms. The van der Waals surface area contributed by atoms with Crippen molar-refractivity contribution in [1.82, 2.24) is 0 Å². The lowest BCUT2D eigenvalue weighted by atomic mass is 10.2. The Hall–Kier alpha value is -1.86. The van der Waals surface area contributed by atoms with Crippen molar-refractivity contribution in [1.29, 1.82) is 0 Å². The first kappa shape index (κ1) is 15.2. The molecule has 3 nitrogen and oxygen atoms in total. The molecule has 0 radical (unpaired) electrons. The topological polar surface area (TPSA) is 38.3 Å². The van der Waals surface area contributed by atoms with Gasteiger partial charge in [0.2, 0.25) is 5.82 Å². The Morgan fingerprint density at radius 2 is 1.47 bits per heavy atom. The molecule has 0 amide bonds. The average molecular weight is 283 g/mol. The summed E-state index contributed by atoms with van der Waals surface area (Å²) < 4.78 is 69.6. The number of carbonyl (C=O) groups excluding carboxylic acids is 1. The molecule has 0 saturated carbocycles. The van der Waals surface area contributed by atoms with Crippen LogP contribution in [0.5, 0.6) is 0 Å². The Kier molecular flexibility index (Phi) is 4.68. The monoisotopic (exact) mass is 283 g/mol. The second kappa shape index (κ2) is 5.85. The van der Waals surface area contributed by atoms with Crippen LogP contribution < -0.4 is 5.32 Å². The summed E-state index contributed by atoms with van der Waals surface area (Å²) in [6.07, 6.45) is 0.0339. The van der Waals surface area contributed by atoms with Crippen LogP contribution in [-0.2, 0) is 9.53 Å². The van der Waals surface area contributed by atoms with Crippen LogP contribution in [0.15, 0.2) is 0 Å². The molecule has 0 aromatic heterocycles. The predicted molar refractivity (Wildman–Crippen MR) is 55.9 cm³/mol. The van der Waals surface area contributed by atoms with Crippen molar-refractivity contribution in [2.75, 3.05) is 12.4 Å². The molecule has 0 aliphatic carbocycles. The molecule has 19 heavy (non-hydrogen) atoms. The number of nitrogens with one attached hydrogen (secondary N) is 1. The molecular formula is C11H10F5NO2. The second-order valence-corrected chi connectivity index (χ2v) is 3.57. The SMILES string of the molecule is CCC(Nc1c(F)c(F)c(F)c(F)c1F)C(=O)OC. The molecule has 1 aromatic rings. The molecule has 106 valence electrons. The first-order chi connectivity index (χ1) is 8.84. The molecule has 1 N–H and O–H groups in total. The van der Waals surface area contributed by atoms with Crippen molar-refractivity contribution in [3.05, 3.63) is 29.1 Å². The van der Waals surface area contributed by atoms with Gasteiger partial charge in [-0.3, -0.25) is 0 Å². The van der Waals surface area contributed by atoms with Gasteiger partial charge in [-0.25, -0.2) is 26.7 Å². The Bertz CT molecular complexity index is 477. The maximum Gasteiger partial charge on any atom is 0.328 e. The summed E-state index contributed by atoms with van der Waals surface area (Å²) in [5.74, 6) is -11.4. The Balaban J connectivity index is 3.25. The van der Waals surface area contributed by atoms with Gasteiger partial charge >= 0.3 is 5.97 Å². The predicted octanol–water partition coefficient (Wildman–Crippen LogP) is 2.75. The van der Waals surface area contributed by atoms with Crippen LogP contribution in [-0.4, -0.2) is 19.1 Å². The Morgan fingerprint density at radius 3 is 1.84 bits per heavy atom. The van der Waals surface area contributed by atoms with Crippen molar-refractivity contribution < 1.29 is 31.5 Å². The lowest BCUT2D eigenvalue weighted by Crippen LogP contribution is -2.31. The minimum atomic E-state index is -2.26. The van der Waals surface area contributed by atoms with Gasteiger partial charge in [0.25, 0.3) is 0 Å². The van der Waals surface area contributed by atoms with Gasteiger partial charge < -0.3 is 10.1 Å². The van der Waals surface area contributed by atoms with Crippen molar-refractivity contribution in [2.24, 2.45) is 0 Å². The van der Waals surface area contributed by atoms with E-state index in [1.165, 1.54) is 6.92 Å². The number of benzene rings is 1. The Labute approximate surface area is 105 Å². The lowest BCUT2D eigenvalue weighted by Gasteiger charge is -2.17. The molecule has 0 heterocycles. The van der Waals surface area contributed by atoms with E-state index in [1.54, 1.807) is 0 Å². The quantitative estimate of drug-likeness (QED) is 0.399. The van der Waals surface area contributed by atoms with Crippen molar-refractivity contribution in [3.63, 3.8) is 0 Å². The summed E-state index contributed by atoms with van der Waals surface area (Å²) in [4.78, 5) is 11.2. The minimum Gasteiger partial charge on any atom is -0.467 e. The molecule has 1 rings (SSSR count). The number of methoxy groups -OCH3 is 1. The molecule has 0 fully saturated rings. The molecule has 0 aliphatic rings. The summed E-state index contributed by atoms with van der Waals surface area (Å²) in [5.41, 5.74) is -1.26. The maximum atomic E-state index is 13.3. The van der Waals surface area contributed by atoms with E-state index in [-0.39, 0.29) is 6.42 Å². The molecule has 1 unspecified atom stereocenters. The van der Waals surface area contributed by atoms with Crippen molar-refractivity contribution in [3.8, 4) is 0 Å². The van der Waals surface area contributed by atoms with Crippen molar-refractivity contribution >= 4 is 11.7 Å². The van der Waals surface area contributed by atoms with E-state index in [2.05, 4.69) is 4.74 Å². The van der Waals surface area contributed by atoms with Gasteiger partial charge in [-0.2, -0.15) is 0 Å². The highest BCUT2D eigenvalue weighted by atomic mass is 19.2. The first-order valence-corrected chi connectivity index (χ1v) is 5.20. The van der Waals surface area contributed by atoms with E-state index in [4.69, 9.17) is 0 Å². The van der Waals surface area contributed by atoms with Crippen LogP contribution in [0.2, 0.25) is 0 Å². The zero-order valence-electron chi connectivity index (χ0n) is 9.99. The largest absolute Gasteiger partial charge is 0.467 e. The molecule has 0 spiro atoms. The smallest absolute Gasteiger partial charge is 0.328 e. The van der Waals surface area contributed by atoms with Gasteiger partial charge in [0.05, 0.1) is 7.11 Å². The normalized spacial score (nSPS) is 12.2. The molecule has 0 bridgehead atoms. The lowest BCUT2D eigenvalue weighted by molar-refractivity contribution is -0.141. The summed E-state index contributed by atoms with van der Waals surface area (Å²) in [7, 11) is 1.03. The number of esters is 1. The van der Waals surface area contributed by atoms with Gasteiger partial charge in [0.1, 0.15) is 11.7 Å². The third kappa shape index (κ3) is 2.77. The molecule has 1 atom stereocenters. The third-order valence-electron chi connectivity index (χ3n) is 2.42. The van der Waals surface area contributed by atoms with Crippen molar-refractivity contribution in [2.45, 2.75) is 19.4 Å². The number of halogens is 5. The van der Waals surface area contributed by atoms with E-state index >= 15 is 0 Å². The molecule has 0 aliphatic heterocycles.